The van der Waals surface area contributed by atoms with Crippen LogP contribution in [0.25, 0.3) is 0 Å². The predicted molar refractivity (Wildman–Crippen MR) is 61.0 cm³/mol. The van der Waals surface area contributed by atoms with Crippen LogP contribution in [-0.4, -0.2) is 43.7 Å². The Bertz CT molecular complexity index is 281. The standard InChI is InChI=1S/C8H17BrN2O2S/c1-7-5-8(3-4-11(7)2)10-14(12,13)6-9/h7-8,10H,3-6H2,1-2H3. The van der Waals surface area contributed by atoms with Crippen LogP contribution in [0.4, 0.5) is 0 Å². The van der Waals surface area contributed by atoms with Crippen molar-refractivity contribution in [2.75, 3.05) is 18.3 Å². The van der Waals surface area contributed by atoms with E-state index in [0.29, 0.717) is 6.04 Å². The number of rotatable bonds is 3. The van der Waals surface area contributed by atoms with Crippen LogP contribution in [0.5, 0.6) is 0 Å². The largest absolute Gasteiger partial charge is 0.304 e. The maximum absolute atomic E-state index is 11.3. The zero-order valence-electron chi connectivity index (χ0n) is 8.53. The minimum atomic E-state index is -3.11. The highest BCUT2D eigenvalue weighted by atomic mass is 79.9. The molecule has 0 spiro atoms. The maximum Gasteiger partial charge on any atom is 0.221 e. The first-order chi connectivity index (χ1) is 6.44. The van der Waals surface area contributed by atoms with Crippen LogP contribution in [0.3, 0.4) is 0 Å². The van der Waals surface area contributed by atoms with Gasteiger partial charge in [-0.25, -0.2) is 13.1 Å². The molecule has 0 aromatic heterocycles. The number of nitrogens with zero attached hydrogens (tertiary/aromatic N) is 1. The number of halogens is 1. The van der Waals surface area contributed by atoms with Crippen LogP contribution in [0.1, 0.15) is 19.8 Å². The summed E-state index contributed by atoms with van der Waals surface area (Å²) in [5, 5.41) is 0. The molecule has 14 heavy (non-hydrogen) atoms. The summed E-state index contributed by atoms with van der Waals surface area (Å²) in [6.45, 7) is 3.07. The lowest BCUT2D eigenvalue weighted by Gasteiger charge is -2.34. The molecule has 1 rings (SSSR count). The van der Waals surface area contributed by atoms with Crippen molar-refractivity contribution in [3.05, 3.63) is 0 Å². The Labute approximate surface area is 94.2 Å². The van der Waals surface area contributed by atoms with E-state index in [9.17, 15) is 8.42 Å². The van der Waals surface area contributed by atoms with Gasteiger partial charge in [-0.1, -0.05) is 15.9 Å². The van der Waals surface area contributed by atoms with Gasteiger partial charge in [-0.2, -0.15) is 0 Å². The van der Waals surface area contributed by atoms with Crippen LogP contribution < -0.4 is 4.72 Å². The fourth-order valence-corrected chi connectivity index (χ4v) is 2.86. The first kappa shape index (κ1) is 12.4. The van der Waals surface area contributed by atoms with E-state index in [1.165, 1.54) is 0 Å². The van der Waals surface area contributed by atoms with Crippen molar-refractivity contribution in [1.82, 2.24) is 9.62 Å². The lowest BCUT2D eigenvalue weighted by molar-refractivity contribution is 0.178. The molecule has 0 saturated carbocycles. The van der Waals surface area contributed by atoms with E-state index < -0.39 is 10.0 Å². The van der Waals surface area contributed by atoms with Crippen LogP contribution in [0, 0.1) is 0 Å². The van der Waals surface area contributed by atoms with Crippen molar-refractivity contribution >= 4 is 26.0 Å². The summed E-state index contributed by atoms with van der Waals surface area (Å²) in [6, 6.07) is 0.551. The molecule has 2 atom stereocenters. The third-order valence-corrected chi connectivity index (χ3v) is 5.49. The van der Waals surface area contributed by atoms with Crippen LogP contribution in [0.2, 0.25) is 0 Å². The van der Waals surface area contributed by atoms with Crippen molar-refractivity contribution in [2.24, 2.45) is 0 Å². The molecule has 0 aliphatic carbocycles. The second-order valence-corrected chi connectivity index (χ2v) is 6.95. The van der Waals surface area contributed by atoms with Crippen molar-refractivity contribution < 1.29 is 8.42 Å². The topological polar surface area (TPSA) is 49.4 Å². The van der Waals surface area contributed by atoms with Gasteiger partial charge in [-0.3, -0.25) is 0 Å². The molecule has 1 N–H and O–H groups in total. The number of hydrogen-bond donors (Lipinski definition) is 1. The monoisotopic (exact) mass is 284 g/mol. The molecule has 6 heteroatoms. The normalized spacial score (nSPS) is 30.5. The second kappa shape index (κ2) is 4.92. The molecule has 1 fully saturated rings. The first-order valence-electron chi connectivity index (χ1n) is 4.71. The molecule has 1 heterocycles. The Morgan fingerprint density at radius 1 is 1.57 bits per heavy atom. The highest BCUT2D eigenvalue weighted by molar-refractivity contribution is 9.10. The molecule has 0 aromatic rings. The highest BCUT2D eigenvalue weighted by Crippen LogP contribution is 2.16. The summed E-state index contributed by atoms with van der Waals surface area (Å²) in [6.07, 6.45) is 1.79. The van der Waals surface area contributed by atoms with E-state index in [1.807, 2.05) is 0 Å². The summed E-state index contributed by atoms with van der Waals surface area (Å²) in [7, 11) is -1.04. The Morgan fingerprint density at radius 2 is 2.21 bits per heavy atom. The Kier molecular flexibility index (Phi) is 4.36. The van der Waals surface area contributed by atoms with Gasteiger partial charge < -0.3 is 4.90 Å². The Morgan fingerprint density at radius 3 is 2.71 bits per heavy atom. The quantitative estimate of drug-likeness (QED) is 0.778. The first-order valence-corrected chi connectivity index (χ1v) is 7.48. The average molecular weight is 285 g/mol. The maximum atomic E-state index is 11.3. The minimum absolute atomic E-state index is 0.0132. The fourth-order valence-electron chi connectivity index (χ4n) is 1.68. The van der Waals surface area contributed by atoms with E-state index >= 15 is 0 Å². The molecule has 1 aliphatic rings. The molecule has 0 bridgehead atoms. The van der Waals surface area contributed by atoms with E-state index in [2.05, 4.69) is 39.5 Å². The van der Waals surface area contributed by atoms with E-state index in [4.69, 9.17) is 0 Å². The summed E-state index contributed by atoms with van der Waals surface area (Å²) in [4.78, 5) is 2.25. The number of sulfonamides is 1. The van der Waals surface area contributed by atoms with Gasteiger partial charge in [0, 0.05) is 12.1 Å². The number of nitrogens with one attached hydrogen (secondary N) is 1. The van der Waals surface area contributed by atoms with Gasteiger partial charge >= 0.3 is 0 Å². The SMILES string of the molecule is CC1CC(NS(=O)(=O)CBr)CCN1C. The third kappa shape index (κ3) is 3.49. The molecule has 0 amide bonds. The van der Waals surface area contributed by atoms with Gasteiger partial charge in [0.15, 0.2) is 0 Å². The van der Waals surface area contributed by atoms with Gasteiger partial charge in [-0.15, -0.1) is 0 Å². The summed E-state index contributed by atoms with van der Waals surface area (Å²) in [5.74, 6) is 0. The minimum Gasteiger partial charge on any atom is -0.304 e. The summed E-state index contributed by atoms with van der Waals surface area (Å²) >= 11 is 2.96. The lowest BCUT2D eigenvalue weighted by Crippen LogP contribution is -2.47. The van der Waals surface area contributed by atoms with Gasteiger partial charge in [0.1, 0.15) is 4.66 Å². The zero-order chi connectivity index (χ0) is 10.8. The molecule has 84 valence electrons. The molecule has 4 nitrogen and oxygen atoms in total. The highest BCUT2D eigenvalue weighted by Gasteiger charge is 2.25. The van der Waals surface area contributed by atoms with Crippen molar-refractivity contribution in [1.29, 1.82) is 0 Å². The Balaban J connectivity index is 2.48. The number of likely N-dealkylation sites (tertiary alicyclic amines) is 1. The molecular weight excluding hydrogens is 268 g/mol. The average Bonchev–Trinajstić information content (AvgIpc) is 2.11. The number of piperidine rings is 1. The molecule has 1 saturated heterocycles. The summed E-state index contributed by atoms with van der Waals surface area (Å²) < 4.78 is 25.2. The van der Waals surface area contributed by atoms with Gasteiger partial charge in [0.05, 0.1) is 0 Å². The van der Waals surface area contributed by atoms with Gasteiger partial charge in [0.25, 0.3) is 0 Å². The zero-order valence-corrected chi connectivity index (χ0v) is 10.9. The number of hydrogen-bond acceptors (Lipinski definition) is 3. The summed E-state index contributed by atoms with van der Waals surface area (Å²) in [5.41, 5.74) is 0. The van der Waals surface area contributed by atoms with Crippen molar-refractivity contribution in [2.45, 2.75) is 31.8 Å². The fraction of sp³-hybridized carbons (Fsp3) is 1.00. The van der Waals surface area contributed by atoms with Gasteiger partial charge in [0.2, 0.25) is 10.0 Å². The van der Waals surface area contributed by atoms with Crippen molar-refractivity contribution in [3.63, 3.8) is 0 Å². The van der Waals surface area contributed by atoms with E-state index in [0.717, 1.165) is 19.4 Å². The molecule has 0 radical (unpaired) electrons. The van der Waals surface area contributed by atoms with Gasteiger partial charge in [-0.05, 0) is 33.4 Å². The second-order valence-electron chi connectivity index (χ2n) is 3.89. The predicted octanol–water partition coefficient (Wildman–Crippen LogP) is 0.741. The molecular formula is C8H17BrN2O2S. The number of alkyl halides is 1. The van der Waals surface area contributed by atoms with Crippen LogP contribution >= 0.6 is 15.9 Å². The molecule has 1 aliphatic heterocycles. The Hall–Kier alpha value is 0.350. The van der Waals surface area contributed by atoms with E-state index in [1.54, 1.807) is 0 Å². The smallest absolute Gasteiger partial charge is 0.221 e. The van der Waals surface area contributed by atoms with Crippen molar-refractivity contribution in [3.8, 4) is 0 Å². The lowest BCUT2D eigenvalue weighted by atomic mass is 10.0. The molecule has 0 aromatic carbocycles. The molecule has 2 unspecified atom stereocenters. The van der Waals surface area contributed by atoms with E-state index in [-0.39, 0.29) is 10.7 Å². The van der Waals surface area contributed by atoms with Crippen LogP contribution in [0.15, 0.2) is 0 Å². The third-order valence-electron chi connectivity index (χ3n) is 2.70. The van der Waals surface area contributed by atoms with Crippen LogP contribution in [-0.2, 0) is 10.0 Å².